The minimum atomic E-state index is -5.08. The van der Waals surface area contributed by atoms with Gasteiger partial charge in [0.1, 0.15) is 0 Å². The quantitative estimate of drug-likeness (QED) is 0.539. The van der Waals surface area contributed by atoms with E-state index in [-0.39, 0.29) is 5.91 Å². The van der Waals surface area contributed by atoms with Crippen molar-refractivity contribution in [1.29, 1.82) is 0 Å². The zero-order chi connectivity index (χ0) is 26.3. The Labute approximate surface area is 206 Å². The number of aromatic nitrogens is 3. The summed E-state index contributed by atoms with van der Waals surface area (Å²) in [6.07, 6.45) is -3.08. The van der Waals surface area contributed by atoms with E-state index in [2.05, 4.69) is 15.6 Å². The van der Waals surface area contributed by atoms with Crippen LogP contribution < -0.4 is 10.2 Å². The van der Waals surface area contributed by atoms with Gasteiger partial charge in [0.15, 0.2) is 5.69 Å². The average Bonchev–Trinajstić information content (AvgIpc) is 3.25. The SMILES string of the molecule is Cc1ccc(N(Cc2ccccc2)C(=O)c2nnn(C3CCNCC3)c2C)cc1.O=C(O)C(F)(F)F. The van der Waals surface area contributed by atoms with E-state index in [4.69, 9.17) is 9.90 Å². The maximum absolute atomic E-state index is 13.5. The summed E-state index contributed by atoms with van der Waals surface area (Å²) in [5.41, 5.74) is 4.37. The first-order valence-electron chi connectivity index (χ1n) is 11.4. The van der Waals surface area contributed by atoms with Crippen LogP contribution in [0.1, 0.15) is 46.2 Å². The van der Waals surface area contributed by atoms with Crippen molar-refractivity contribution in [2.45, 2.75) is 45.5 Å². The van der Waals surface area contributed by atoms with Gasteiger partial charge in [-0.1, -0.05) is 53.2 Å². The van der Waals surface area contributed by atoms with Crippen LogP contribution in [0.2, 0.25) is 0 Å². The second kappa shape index (κ2) is 11.8. The van der Waals surface area contributed by atoms with E-state index in [0.717, 1.165) is 48.4 Å². The van der Waals surface area contributed by atoms with Crippen molar-refractivity contribution in [3.8, 4) is 0 Å². The van der Waals surface area contributed by atoms with Crippen LogP contribution in [0.5, 0.6) is 0 Å². The Kier molecular flexibility index (Phi) is 8.81. The van der Waals surface area contributed by atoms with E-state index in [1.807, 2.05) is 73.1 Å². The maximum Gasteiger partial charge on any atom is 0.490 e. The number of piperidine rings is 1. The van der Waals surface area contributed by atoms with Crippen LogP contribution in [0.3, 0.4) is 0 Å². The molecule has 0 aliphatic carbocycles. The van der Waals surface area contributed by atoms with E-state index in [1.165, 1.54) is 0 Å². The van der Waals surface area contributed by atoms with Gasteiger partial charge in [0.05, 0.1) is 18.3 Å². The second-order valence-corrected chi connectivity index (χ2v) is 8.46. The smallest absolute Gasteiger partial charge is 0.475 e. The number of anilines is 1. The van der Waals surface area contributed by atoms with Gasteiger partial charge in [0.25, 0.3) is 5.91 Å². The van der Waals surface area contributed by atoms with E-state index < -0.39 is 12.1 Å². The number of halogens is 3. The Balaban J connectivity index is 0.000000454. The molecule has 1 aliphatic heterocycles. The summed E-state index contributed by atoms with van der Waals surface area (Å²) in [7, 11) is 0. The van der Waals surface area contributed by atoms with Crippen LogP contribution in [0.15, 0.2) is 54.6 Å². The van der Waals surface area contributed by atoms with Crippen LogP contribution in [0.4, 0.5) is 18.9 Å². The number of hydrogen-bond donors (Lipinski definition) is 2. The number of rotatable bonds is 5. The van der Waals surface area contributed by atoms with Crippen LogP contribution in [0, 0.1) is 13.8 Å². The number of carboxylic acid groups (broad SMARTS) is 1. The lowest BCUT2D eigenvalue weighted by atomic mass is 10.1. The third-order valence-corrected chi connectivity index (χ3v) is 5.80. The zero-order valence-corrected chi connectivity index (χ0v) is 20.0. The number of carboxylic acids is 1. The van der Waals surface area contributed by atoms with Crippen LogP contribution in [-0.2, 0) is 11.3 Å². The summed E-state index contributed by atoms with van der Waals surface area (Å²) in [4.78, 5) is 24.2. The van der Waals surface area contributed by atoms with E-state index in [9.17, 15) is 18.0 Å². The van der Waals surface area contributed by atoms with Gasteiger partial charge in [0, 0.05) is 5.69 Å². The van der Waals surface area contributed by atoms with Crippen LogP contribution >= 0.6 is 0 Å². The topological polar surface area (TPSA) is 100 Å². The number of amides is 1. The maximum atomic E-state index is 13.5. The summed E-state index contributed by atoms with van der Waals surface area (Å²) < 4.78 is 33.7. The fourth-order valence-electron chi connectivity index (χ4n) is 3.84. The highest BCUT2D eigenvalue weighted by molar-refractivity contribution is 6.05. The molecule has 3 aromatic rings. The minimum Gasteiger partial charge on any atom is -0.475 e. The predicted octanol–water partition coefficient (Wildman–Crippen LogP) is 4.30. The van der Waals surface area contributed by atoms with Gasteiger partial charge >= 0.3 is 12.1 Å². The molecule has 8 nitrogen and oxygen atoms in total. The normalized spacial score (nSPS) is 14.0. The molecule has 11 heteroatoms. The third kappa shape index (κ3) is 6.91. The molecule has 1 aromatic heterocycles. The number of nitrogens with one attached hydrogen (secondary N) is 1. The second-order valence-electron chi connectivity index (χ2n) is 8.46. The fourth-order valence-corrected chi connectivity index (χ4v) is 3.84. The van der Waals surface area contributed by atoms with Crippen LogP contribution in [-0.4, -0.2) is 51.2 Å². The lowest BCUT2D eigenvalue weighted by Gasteiger charge is -2.24. The predicted molar refractivity (Wildman–Crippen MR) is 128 cm³/mol. The molecule has 1 amide bonds. The number of hydrogen-bond acceptors (Lipinski definition) is 5. The summed E-state index contributed by atoms with van der Waals surface area (Å²) in [5, 5.41) is 19.1. The largest absolute Gasteiger partial charge is 0.490 e. The third-order valence-electron chi connectivity index (χ3n) is 5.80. The Morgan fingerprint density at radius 2 is 1.64 bits per heavy atom. The van der Waals surface area contributed by atoms with Crippen molar-refractivity contribution in [1.82, 2.24) is 20.3 Å². The van der Waals surface area contributed by atoms with Crippen molar-refractivity contribution in [3.63, 3.8) is 0 Å². The van der Waals surface area contributed by atoms with Gasteiger partial charge < -0.3 is 15.3 Å². The number of carbonyl (C=O) groups excluding carboxylic acids is 1. The first-order valence-corrected chi connectivity index (χ1v) is 11.4. The van der Waals surface area contributed by atoms with Crippen LogP contribution in [0.25, 0.3) is 0 Å². The molecule has 2 aromatic carbocycles. The molecule has 0 saturated carbocycles. The number of aryl methyl sites for hydroxylation is 1. The lowest BCUT2D eigenvalue weighted by molar-refractivity contribution is -0.192. The highest BCUT2D eigenvalue weighted by atomic mass is 19.4. The van der Waals surface area contributed by atoms with Gasteiger partial charge in [0.2, 0.25) is 0 Å². The van der Waals surface area contributed by atoms with Crippen molar-refractivity contribution in [3.05, 3.63) is 77.1 Å². The van der Waals surface area contributed by atoms with Crippen molar-refractivity contribution < 1.29 is 27.9 Å². The van der Waals surface area contributed by atoms with E-state index in [0.29, 0.717) is 18.3 Å². The molecule has 0 spiro atoms. The van der Waals surface area contributed by atoms with Gasteiger partial charge in [-0.2, -0.15) is 13.2 Å². The lowest BCUT2D eigenvalue weighted by Crippen LogP contribution is -2.32. The summed E-state index contributed by atoms with van der Waals surface area (Å²) in [6.45, 7) is 6.42. The van der Waals surface area contributed by atoms with Gasteiger partial charge in [-0.05, 0) is 57.5 Å². The van der Waals surface area contributed by atoms with Gasteiger partial charge in [-0.3, -0.25) is 4.79 Å². The highest BCUT2D eigenvalue weighted by Crippen LogP contribution is 2.24. The molecule has 4 rings (SSSR count). The first kappa shape index (κ1) is 26.9. The Hall–Kier alpha value is -3.73. The molecule has 192 valence electrons. The van der Waals surface area contributed by atoms with E-state index >= 15 is 0 Å². The Morgan fingerprint density at radius 1 is 1.06 bits per heavy atom. The Bertz CT molecular complexity index is 1160. The summed E-state index contributed by atoms with van der Waals surface area (Å²) in [5.74, 6) is -2.87. The number of alkyl halides is 3. The molecule has 36 heavy (non-hydrogen) atoms. The molecular weight excluding hydrogens is 475 g/mol. The van der Waals surface area contributed by atoms with E-state index in [1.54, 1.807) is 4.90 Å². The summed E-state index contributed by atoms with van der Waals surface area (Å²) >= 11 is 0. The molecule has 0 bridgehead atoms. The number of benzene rings is 2. The number of carbonyl (C=O) groups is 2. The number of nitrogens with zero attached hydrogens (tertiary/aromatic N) is 4. The number of aliphatic carboxylic acids is 1. The van der Waals surface area contributed by atoms with Crippen molar-refractivity contribution >= 4 is 17.6 Å². The molecule has 1 aliphatic rings. The molecule has 1 saturated heterocycles. The fraction of sp³-hybridized carbons (Fsp3) is 0.360. The Morgan fingerprint density at radius 3 is 2.19 bits per heavy atom. The zero-order valence-electron chi connectivity index (χ0n) is 20.0. The molecule has 0 radical (unpaired) electrons. The molecular formula is C25H28F3N5O3. The average molecular weight is 504 g/mol. The van der Waals surface area contributed by atoms with Gasteiger partial charge in [-0.25, -0.2) is 9.48 Å². The molecule has 1 fully saturated rings. The summed E-state index contributed by atoms with van der Waals surface area (Å²) in [6, 6.07) is 18.4. The van der Waals surface area contributed by atoms with Crippen molar-refractivity contribution in [2.75, 3.05) is 18.0 Å². The first-order chi connectivity index (χ1) is 17.1. The van der Waals surface area contributed by atoms with Crippen molar-refractivity contribution in [2.24, 2.45) is 0 Å². The highest BCUT2D eigenvalue weighted by Gasteiger charge is 2.38. The molecule has 0 atom stereocenters. The monoisotopic (exact) mass is 503 g/mol. The molecule has 2 heterocycles. The standard InChI is InChI=1S/C23H27N5O.C2HF3O2/c1-17-8-10-20(11-9-17)27(16-19-6-4-3-5-7-19)23(29)22-18(2)28(26-25-22)21-12-14-24-15-13-21;3-2(4,5)1(6)7/h3-11,21,24H,12-16H2,1-2H3;(H,6,7). The van der Waals surface area contributed by atoms with Gasteiger partial charge in [-0.15, -0.1) is 5.10 Å². The molecule has 2 N–H and O–H groups in total. The minimum absolute atomic E-state index is 0.115. The molecule has 0 unspecified atom stereocenters.